The van der Waals surface area contributed by atoms with E-state index in [1.54, 1.807) is 21.6 Å². The van der Waals surface area contributed by atoms with E-state index in [-0.39, 0.29) is 21.7 Å². The number of anilines is 2. The van der Waals surface area contributed by atoms with Crippen LogP contribution in [0.5, 0.6) is 0 Å². The molecule has 0 aliphatic carbocycles. The van der Waals surface area contributed by atoms with Crippen LogP contribution in [0.2, 0.25) is 0 Å². The third-order valence-electron chi connectivity index (χ3n) is 3.39. The van der Waals surface area contributed by atoms with Gasteiger partial charge in [0.2, 0.25) is 0 Å². The molecule has 0 fully saturated rings. The maximum Gasteiger partial charge on any atom is 4.00 e. The molecule has 0 radical (unpaired) electrons. The van der Waals surface area contributed by atoms with E-state index in [2.05, 4.69) is 0 Å². The number of hydrogen-bond donors (Lipinski definition) is 2. The van der Waals surface area contributed by atoms with Crippen molar-refractivity contribution >= 4 is 35.3 Å². The molecule has 0 unspecified atom stereocenters. The Kier molecular flexibility index (Phi) is 17.5. The van der Waals surface area contributed by atoms with Crippen LogP contribution in [0.4, 0.5) is 55.3 Å². The van der Waals surface area contributed by atoms with Gasteiger partial charge in [-0.15, -0.1) is 36.4 Å². The van der Waals surface area contributed by atoms with Crippen molar-refractivity contribution in [3.05, 3.63) is 120 Å². The van der Waals surface area contributed by atoms with Crippen molar-refractivity contribution in [3.8, 4) is 0 Å². The summed E-state index contributed by atoms with van der Waals surface area (Å²) in [4.78, 5) is 0. The summed E-state index contributed by atoms with van der Waals surface area (Å²) in [5, 5.41) is 0. The summed E-state index contributed by atoms with van der Waals surface area (Å²) in [5.74, 6) is -4.32. The second-order valence-corrected chi connectivity index (χ2v) is 8.03. The fourth-order valence-electron chi connectivity index (χ4n) is 1.91. The van der Waals surface area contributed by atoms with Crippen molar-refractivity contribution in [2.75, 3.05) is 9.44 Å². The SMILES string of the molecule is Fc1[c-]c(F)c(NSC(F)(F)F)cc1.Fc1[c-]c(F)c(NSC(F)(F)F)cc1.[Ti+4].c1cc[cH-]c1.c1cc[cH-]c1. The van der Waals surface area contributed by atoms with Crippen molar-refractivity contribution in [2.24, 2.45) is 0 Å². The summed E-state index contributed by atoms with van der Waals surface area (Å²) < 4.78 is 123. The Balaban J connectivity index is 0.000000537. The van der Waals surface area contributed by atoms with Crippen molar-refractivity contribution in [1.29, 1.82) is 0 Å². The molecule has 0 amide bonds. The molecule has 4 rings (SSSR count). The fourth-order valence-corrected chi connectivity index (χ4v) is 2.68. The first-order chi connectivity index (χ1) is 17.8. The minimum atomic E-state index is -4.53. The van der Waals surface area contributed by atoms with Crippen LogP contribution in [0.1, 0.15) is 0 Å². The van der Waals surface area contributed by atoms with Gasteiger partial charge < -0.3 is 9.44 Å². The van der Waals surface area contributed by atoms with Gasteiger partial charge in [0.05, 0.1) is 0 Å². The molecule has 0 saturated heterocycles. The van der Waals surface area contributed by atoms with Gasteiger partial charge in [0.25, 0.3) is 0 Å². The standard InChI is InChI=1S/2C7H3F5NS.2C5H5.Ti/c2*8-4-1-2-6(5(9)3-4)13-14-7(10,11)12;2*1-2-4-5-3-1;/h2*1-2,13H;2*1-5H;/q4*-1;+4. The predicted molar refractivity (Wildman–Crippen MR) is 129 cm³/mol. The van der Waals surface area contributed by atoms with E-state index in [9.17, 15) is 43.9 Å². The van der Waals surface area contributed by atoms with Gasteiger partial charge in [-0.25, -0.2) is 41.8 Å². The van der Waals surface area contributed by atoms with E-state index in [4.69, 9.17) is 0 Å². The maximum absolute atomic E-state index is 12.7. The first-order valence-corrected chi connectivity index (χ1v) is 11.5. The summed E-state index contributed by atoms with van der Waals surface area (Å²) in [5.41, 5.74) is -9.98. The Bertz CT molecular complexity index is 1030. The maximum atomic E-state index is 12.7. The Morgan fingerprint density at radius 1 is 0.564 bits per heavy atom. The molecule has 0 bridgehead atoms. The van der Waals surface area contributed by atoms with Crippen LogP contribution >= 0.6 is 23.9 Å². The molecule has 0 heterocycles. The van der Waals surface area contributed by atoms with Crippen LogP contribution < -0.4 is 9.44 Å². The van der Waals surface area contributed by atoms with Crippen molar-refractivity contribution in [1.82, 2.24) is 0 Å². The van der Waals surface area contributed by atoms with Gasteiger partial charge in [0.1, 0.15) is 0 Å². The molecule has 15 heteroatoms. The number of alkyl halides is 6. The van der Waals surface area contributed by atoms with Gasteiger partial charge in [-0.05, 0) is 11.4 Å². The van der Waals surface area contributed by atoms with Crippen molar-refractivity contribution in [3.63, 3.8) is 0 Å². The Morgan fingerprint density at radius 2 is 0.872 bits per heavy atom. The van der Waals surface area contributed by atoms with Gasteiger partial charge in [0, 0.05) is 47.2 Å². The largest absolute Gasteiger partial charge is 4.00 e. The summed E-state index contributed by atoms with van der Waals surface area (Å²) in [6.07, 6.45) is 0. The van der Waals surface area contributed by atoms with Crippen LogP contribution in [0.15, 0.2) is 84.9 Å². The normalized spacial score (nSPS) is 10.3. The molecule has 0 saturated carbocycles. The number of hydrogen-bond acceptors (Lipinski definition) is 4. The number of nitrogens with one attached hydrogen (secondary N) is 2. The molecule has 0 aromatic heterocycles. The van der Waals surface area contributed by atoms with Gasteiger partial charge >= 0.3 is 32.7 Å². The van der Waals surface area contributed by atoms with Crippen molar-refractivity contribution < 1.29 is 65.6 Å². The molecule has 4 aromatic carbocycles. The quantitative estimate of drug-likeness (QED) is 0.101. The van der Waals surface area contributed by atoms with Crippen LogP contribution in [0, 0.1) is 35.4 Å². The molecule has 2 nitrogen and oxygen atoms in total. The average Bonchev–Trinajstić information content (AvgIpc) is 3.56. The van der Waals surface area contributed by atoms with Gasteiger partial charge in [-0.1, -0.05) is 0 Å². The molecule has 2 N–H and O–H groups in total. The molecule has 0 atom stereocenters. The van der Waals surface area contributed by atoms with Crippen molar-refractivity contribution in [2.45, 2.75) is 11.0 Å². The molecule has 0 spiro atoms. The van der Waals surface area contributed by atoms with E-state index >= 15 is 0 Å². The van der Waals surface area contributed by atoms with Crippen LogP contribution in [0.3, 0.4) is 0 Å². The Morgan fingerprint density at radius 3 is 1.08 bits per heavy atom. The number of rotatable bonds is 4. The summed E-state index contributed by atoms with van der Waals surface area (Å²) in [7, 11) is 0. The van der Waals surface area contributed by atoms with Crippen LogP contribution in [-0.2, 0) is 21.7 Å². The Hall–Kier alpha value is -2.55. The predicted octanol–water partition coefficient (Wildman–Crippen LogP) is 9.50. The zero-order valence-corrected chi connectivity index (χ0v) is 22.4. The molecule has 39 heavy (non-hydrogen) atoms. The fraction of sp³-hybridized carbons (Fsp3) is 0.0833. The summed E-state index contributed by atoms with van der Waals surface area (Å²) >= 11 is -1.25. The summed E-state index contributed by atoms with van der Waals surface area (Å²) in [6, 6.07) is 26.5. The molecular formula is C24H16F10N2S2Ti. The monoisotopic (exact) mass is 634 g/mol. The second-order valence-electron chi connectivity index (χ2n) is 6.29. The Labute approximate surface area is 241 Å². The average molecular weight is 634 g/mol. The first kappa shape index (κ1) is 36.5. The first-order valence-electron chi connectivity index (χ1n) is 9.86. The van der Waals surface area contributed by atoms with E-state index in [0.29, 0.717) is 0 Å². The van der Waals surface area contributed by atoms with E-state index in [1.807, 2.05) is 60.7 Å². The third-order valence-corrected chi connectivity index (χ3v) is 4.50. The van der Waals surface area contributed by atoms with Crippen LogP contribution in [-0.4, -0.2) is 11.0 Å². The van der Waals surface area contributed by atoms with Gasteiger partial charge in [0.15, 0.2) is 0 Å². The topological polar surface area (TPSA) is 24.1 Å². The molecule has 4 aromatic rings. The van der Waals surface area contributed by atoms with E-state index in [0.717, 1.165) is 24.3 Å². The molecule has 0 aliphatic rings. The molecule has 0 aliphatic heterocycles. The molecular weight excluding hydrogens is 618 g/mol. The molecule has 208 valence electrons. The van der Waals surface area contributed by atoms with Crippen LogP contribution in [0.25, 0.3) is 0 Å². The zero-order valence-electron chi connectivity index (χ0n) is 19.2. The smallest absolute Gasteiger partial charge is 0.373 e. The van der Waals surface area contributed by atoms with Gasteiger partial charge in [-0.2, -0.15) is 62.7 Å². The van der Waals surface area contributed by atoms with E-state index < -0.39 is 69.6 Å². The summed E-state index contributed by atoms with van der Waals surface area (Å²) in [6.45, 7) is 0. The second kappa shape index (κ2) is 18.7. The zero-order chi connectivity index (χ0) is 28.6. The minimum Gasteiger partial charge on any atom is -0.373 e. The third kappa shape index (κ3) is 19.2. The number of halogens is 10. The van der Waals surface area contributed by atoms with Gasteiger partial charge in [-0.3, -0.25) is 0 Å². The van der Waals surface area contributed by atoms with E-state index in [1.165, 1.54) is 0 Å². The minimum absolute atomic E-state index is 0. The number of benzene rings is 2.